The molecule has 0 bridgehead atoms. The molecule has 0 amide bonds. The third-order valence-electron chi connectivity index (χ3n) is 8.85. The van der Waals surface area contributed by atoms with Crippen LogP contribution < -0.4 is 0 Å². The van der Waals surface area contributed by atoms with Gasteiger partial charge < -0.3 is 0 Å². The highest BCUT2D eigenvalue weighted by atomic mass is 32.2. The molecule has 45 heavy (non-hydrogen) atoms. The predicted octanol–water partition coefficient (Wildman–Crippen LogP) is 4.77. The lowest BCUT2D eigenvalue weighted by molar-refractivity contribution is -0.137. The molecule has 3 heterocycles. The number of aryl methyl sites for hydroxylation is 1. The molecule has 3 aliphatic rings. The molecule has 2 atom stereocenters. The minimum absolute atomic E-state index is 0.0948. The molecule has 0 unspecified atom stereocenters. The molecular weight excluding hydrogens is 614 g/mol. The molecule has 0 aliphatic heterocycles. The first-order chi connectivity index (χ1) is 21.4. The molecule has 2 saturated carbocycles. The summed E-state index contributed by atoms with van der Waals surface area (Å²) >= 11 is 0. The summed E-state index contributed by atoms with van der Waals surface area (Å²) in [7, 11) is -2.55. The first-order valence-electron chi connectivity index (χ1n) is 14.4. The van der Waals surface area contributed by atoms with E-state index in [2.05, 4.69) is 20.3 Å². The largest absolute Gasteiger partial charge is 0.417 e. The number of halogens is 4. The summed E-state index contributed by atoms with van der Waals surface area (Å²) < 4.78 is 84.5. The average Bonchev–Trinajstić information content (AvgIpc) is 3.59. The molecule has 10 nitrogen and oxygen atoms in total. The Morgan fingerprint density at radius 2 is 1.76 bits per heavy atom. The normalized spacial score (nSPS) is 21.7. The SMILES string of the molecule is Cn1ncc(S(=O)(=O)N(C2CC2)[C@H]2CCC3=Cc4c(cnn4-c4ccc(F)cc4)C[C@]3(C(=O)c3ccc(C(F)(F)F)cn3)C2)n1. The van der Waals surface area contributed by atoms with Crippen LogP contribution in [0.2, 0.25) is 0 Å². The molecule has 0 N–H and O–H groups in total. The summed E-state index contributed by atoms with van der Waals surface area (Å²) in [5, 5.41) is 12.3. The van der Waals surface area contributed by atoms with Crippen LogP contribution in [0.25, 0.3) is 11.8 Å². The first-order valence-corrected chi connectivity index (χ1v) is 15.8. The highest BCUT2D eigenvalue weighted by Gasteiger charge is 2.54. The highest BCUT2D eigenvalue weighted by molar-refractivity contribution is 7.89. The van der Waals surface area contributed by atoms with Gasteiger partial charge in [0.2, 0.25) is 5.03 Å². The van der Waals surface area contributed by atoms with E-state index < -0.39 is 44.8 Å². The molecule has 3 aromatic heterocycles. The summed E-state index contributed by atoms with van der Waals surface area (Å²) in [5.74, 6) is -0.887. The molecule has 1 aromatic carbocycles. The molecule has 0 radical (unpaired) electrons. The molecule has 234 valence electrons. The van der Waals surface area contributed by atoms with Crippen molar-refractivity contribution in [2.24, 2.45) is 12.5 Å². The van der Waals surface area contributed by atoms with Crippen molar-refractivity contribution in [2.75, 3.05) is 0 Å². The van der Waals surface area contributed by atoms with Crippen LogP contribution in [-0.4, -0.2) is 60.3 Å². The number of pyridine rings is 1. The zero-order valence-electron chi connectivity index (χ0n) is 23.9. The number of carbonyl (C=O) groups is 1. The van der Waals surface area contributed by atoms with Gasteiger partial charge in [-0.3, -0.25) is 9.78 Å². The van der Waals surface area contributed by atoms with Crippen molar-refractivity contribution in [1.29, 1.82) is 0 Å². The number of alkyl halides is 3. The Hall–Kier alpha value is -4.24. The van der Waals surface area contributed by atoms with E-state index in [-0.39, 0.29) is 29.6 Å². The Labute approximate surface area is 255 Å². The Morgan fingerprint density at radius 1 is 1.00 bits per heavy atom. The minimum Gasteiger partial charge on any atom is -0.291 e. The van der Waals surface area contributed by atoms with Crippen LogP contribution in [0.1, 0.15) is 59.4 Å². The Balaban J connectivity index is 1.31. The van der Waals surface area contributed by atoms with Gasteiger partial charge in [-0.05, 0) is 86.6 Å². The van der Waals surface area contributed by atoms with E-state index in [1.807, 2.05) is 6.08 Å². The maximum absolute atomic E-state index is 14.5. The molecule has 4 aromatic rings. The van der Waals surface area contributed by atoms with Crippen molar-refractivity contribution in [3.63, 3.8) is 0 Å². The first kappa shape index (κ1) is 29.5. The summed E-state index contributed by atoms with van der Waals surface area (Å²) in [5.41, 5.74) is 0.318. The van der Waals surface area contributed by atoms with Crippen molar-refractivity contribution >= 4 is 21.9 Å². The van der Waals surface area contributed by atoms with Crippen molar-refractivity contribution in [3.05, 3.63) is 88.9 Å². The van der Waals surface area contributed by atoms with E-state index in [4.69, 9.17) is 0 Å². The molecule has 2 fully saturated rings. The number of aromatic nitrogens is 6. The second-order valence-electron chi connectivity index (χ2n) is 11.8. The lowest BCUT2D eigenvalue weighted by Gasteiger charge is -2.46. The van der Waals surface area contributed by atoms with E-state index in [0.717, 1.165) is 17.7 Å². The number of hydrogen-bond acceptors (Lipinski definition) is 7. The zero-order valence-corrected chi connectivity index (χ0v) is 24.8. The second-order valence-corrected chi connectivity index (χ2v) is 13.6. The van der Waals surface area contributed by atoms with Crippen LogP contribution in [0, 0.1) is 11.2 Å². The van der Waals surface area contributed by atoms with Crippen LogP contribution in [0.4, 0.5) is 17.6 Å². The number of sulfonamides is 1. The number of benzene rings is 1. The monoisotopic (exact) mass is 641 g/mol. The lowest BCUT2D eigenvalue weighted by atomic mass is 9.60. The van der Waals surface area contributed by atoms with E-state index in [9.17, 15) is 30.8 Å². The van der Waals surface area contributed by atoms with E-state index in [0.29, 0.717) is 48.8 Å². The fourth-order valence-corrected chi connectivity index (χ4v) is 8.40. The van der Waals surface area contributed by atoms with Crippen LogP contribution in [-0.2, 0) is 29.7 Å². The molecular formula is C30H27F4N7O3S. The van der Waals surface area contributed by atoms with Gasteiger partial charge in [0.1, 0.15) is 11.5 Å². The smallest absolute Gasteiger partial charge is 0.291 e. The van der Waals surface area contributed by atoms with Crippen LogP contribution in [0.15, 0.2) is 65.6 Å². The quantitative estimate of drug-likeness (QED) is 0.211. The van der Waals surface area contributed by atoms with Gasteiger partial charge in [-0.1, -0.05) is 5.57 Å². The highest BCUT2D eigenvalue weighted by Crippen LogP contribution is 2.52. The van der Waals surface area contributed by atoms with Gasteiger partial charge in [0, 0.05) is 25.3 Å². The van der Waals surface area contributed by atoms with Gasteiger partial charge in [-0.2, -0.15) is 32.5 Å². The fraction of sp³-hybridized carbons (Fsp3) is 0.367. The number of carbonyl (C=O) groups excluding carboxylic acids is 1. The topological polar surface area (TPSA) is 116 Å². The Morgan fingerprint density at radius 3 is 2.38 bits per heavy atom. The number of nitrogens with zero attached hydrogens (tertiary/aromatic N) is 7. The van der Waals surface area contributed by atoms with Gasteiger partial charge in [-0.25, -0.2) is 17.5 Å². The molecule has 15 heteroatoms. The Bertz CT molecular complexity index is 1930. The number of fused-ring (bicyclic) bond motifs is 2. The van der Waals surface area contributed by atoms with E-state index in [1.165, 1.54) is 34.5 Å². The minimum atomic E-state index is -4.62. The maximum Gasteiger partial charge on any atom is 0.417 e. The van der Waals surface area contributed by atoms with Crippen LogP contribution in [0.3, 0.4) is 0 Å². The number of allylic oxidation sites excluding steroid dienone is 1. The summed E-state index contributed by atoms with van der Waals surface area (Å²) in [6.07, 6.45) is 3.00. The standard InChI is InChI=1S/C30H27F4N7O3S/c1-39-36-17-27(38-39)45(43,44)41(23-9-10-23)24-6-2-19-12-26-18(15-37-40(26)22-7-4-21(31)5-8-22)13-29(19,14-24)28(42)25-11-3-20(16-35-25)30(32,33)34/h3-5,7-8,11-12,15-17,23-24H,2,6,9-10,13-14H2,1H3/t24-,29-/m0/s1. The maximum atomic E-state index is 14.5. The number of ketones is 1. The zero-order chi connectivity index (χ0) is 31.7. The fourth-order valence-electron chi connectivity index (χ4n) is 6.60. The van der Waals surface area contributed by atoms with Crippen molar-refractivity contribution in [3.8, 4) is 5.69 Å². The van der Waals surface area contributed by atoms with Gasteiger partial charge in [0.25, 0.3) is 10.0 Å². The third-order valence-corrected chi connectivity index (χ3v) is 10.7. The van der Waals surface area contributed by atoms with E-state index >= 15 is 0 Å². The third kappa shape index (κ3) is 5.07. The van der Waals surface area contributed by atoms with Crippen molar-refractivity contribution in [2.45, 2.75) is 61.8 Å². The summed E-state index contributed by atoms with van der Waals surface area (Å²) in [6, 6.07) is 6.86. The van der Waals surface area contributed by atoms with E-state index in [1.54, 1.807) is 23.0 Å². The van der Waals surface area contributed by atoms with Gasteiger partial charge >= 0.3 is 6.18 Å². The number of hydrogen-bond donors (Lipinski definition) is 0. The molecule has 7 rings (SSSR count). The average molecular weight is 642 g/mol. The number of Topliss-reactive ketones (excluding diaryl/α,β-unsaturated/α-hetero) is 1. The molecule has 0 spiro atoms. The molecule has 0 saturated heterocycles. The predicted molar refractivity (Wildman–Crippen MR) is 152 cm³/mol. The van der Waals surface area contributed by atoms with Gasteiger partial charge in [-0.15, -0.1) is 5.10 Å². The van der Waals surface area contributed by atoms with Gasteiger partial charge in [0.15, 0.2) is 5.78 Å². The van der Waals surface area contributed by atoms with Gasteiger partial charge in [0.05, 0.1) is 34.8 Å². The lowest BCUT2D eigenvalue weighted by Crippen LogP contribution is -2.51. The Kier molecular flexibility index (Phi) is 6.82. The van der Waals surface area contributed by atoms with Crippen LogP contribution in [0.5, 0.6) is 0 Å². The second kappa shape index (κ2) is 10.4. The number of rotatable bonds is 7. The molecule has 3 aliphatic carbocycles. The van der Waals surface area contributed by atoms with Crippen molar-refractivity contribution in [1.82, 2.24) is 34.1 Å². The summed E-state index contributed by atoms with van der Waals surface area (Å²) in [4.78, 5) is 19.6. The van der Waals surface area contributed by atoms with Crippen molar-refractivity contribution < 1.29 is 30.8 Å². The summed E-state index contributed by atoms with van der Waals surface area (Å²) in [6.45, 7) is 0. The van der Waals surface area contributed by atoms with Crippen LogP contribution >= 0.6 is 0 Å².